The molecule has 1 aromatic rings. The van der Waals surface area contributed by atoms with Gasteiger partial charge in [0, 0.05) is 16.7 Å². The number of aryl methyl sites for hydroxylation is 1. The van der Waals surface area contributed by atoms with Gasteiger partial charge in [-0.1, -0.05) is 19.1 Å². The molecule has 0 amide bonds. The second kappa shape index (κ2) is 4.61. The summed E-state index contributed by atoms with van der Waals surface area (Å²) in [6.07, 6.45) is 0.668. The van der Waals surface area contributed by atoms with Gasteiger partial charge in [-0.25, -0.2) is 4.79 Å². The standard InChI is InChI=1S/C13H17NO2S/c1-9-4-3-5-11(6-9)14-13(12(15)16)7-10(2)17-8-13/h3-6,10,14H,7-8H2,1-2H3,(H,15,16). The van der Waals surface area contributed by atoms with Crippen molar-refractivity contribution in [3.63, 3.8) is 0 Å². The van der Waals surface area contributed by atoms with Gasteiger partial charge in [0.1, 0.15) is 5.54 Å². The van der Waals surface area contributed by atoms with Crippen LogP contribution in [0.25, 0.3) is 0 Å². The van der Waals surface area contributed by atoms with Gasteiger partial charge in [-0.3, -0.25) is 0 Å². The van der Waals surface area contributed by atoms with E-state index in [1.54, 1.807) is 11.8 Å². The molecule has 92 valence electrons. The average Bonchev–Trinajstić information content (AvgIpc) is 2.61. The van der Waals surface area contributed by atoms with E-state index in [1.807, 2.05) is 31.2 Å². The first-order valence-corrected chi connectivity index (χ1v) is 6.76. The highest BCUT2D eigenvalue weighted by Gasteiger charge is 2.44. The van der Waals surface area contributed by atoms with Crippen LogP contribution in [0.1, 0.15) is 18.9 Å². The molecule has 0 spiro atoms. The van der Waals surface area contributed by atoms with Crippen LogP contribution in [-0.2, 0) is 4.79 Å². The number of carboxylic acids is 1. The number of hydrogen-bond acceptors (Lipinski definition) is 3. The van der Waals surface area contributed by atoms with E-state index in [4.69, 9.17) is 0 Å². The van der Waals surface area contributed by atoms with Crippen molar-refractivity contribution < 1.29 is 9.90 Å². The molecule has 0 bridgehead atoms. The first kappa shape index (κ1) is 12.3. The Morgan fingerprint density at radius 2 is 2.35 bits per heavy atom. The fraction of sp³-hybridized carbons (Fsp3) is 0.462. The lowest BCUT2D eigenvalue weighted by Gasteiger charge is -2.26. The fourth-order valence-corrected chi connectivity index (χ4v) is 3.47. The maximum absolute atomic E-state index is 11.5. The lowest BCUT2D eigenvalue weighted by atomic mass is 9.96. The molecule has 2 rings (SSSR count). The number of nitrogens with one attached hydrogen (secondary N) is 1. The predicted octanol–water partition coefficient (Wildman–Crippen LogP) is 2.76. The normalized spacial score (nSPS) is 28.0. The number of benzene rings is 1. The van der Waals surface area contributed by atoms with Crippen molar-refractivity contribution in [3.8, 4) is 0 Å². The third-order valence-corrected chi connectivity index (χ3v) is 4.46. The van der Waals surface area contributed by atoms with E-state index >= 15 is 0 Å². The Hall–Kier alpha value is -1.16. The quantitative estimate of drug-likeness (QED) is 0.867. The summed E-state index contributed by atoms with van der Waals surface area (Å²) < 4.78 is 0. The molecule has 1 heterocycles. The molecule has 2 unspecified atom stereocenters. The molecule has 17 heavy (non-hydrogen) atoms. The highest BCUT2D eigenvalue weighted by Crippen LogP contribution is 2.37. The third kappa shape index (κ3) is 2.57. The van der Waals surface area contributed by atoms with Crippen LogP contribution < -0.4 is 5.32 Å². The second-order valence-electron chi connectivity index (χ2n) is 4.71. The first-order valence-electron chi connectivity index (χ1n) is 5.72. The monoisotopic (exact) mass is 251 g/mol. The van der Waals surface area contributed by atoms with E-state index < -0.39 is 11.5 Å². The van der Waals surface area contributed by atoms with Gasteiger partial charge in [0.2, 0.25) is 0 Å². The Morgan fingerprint density at radius 1 is 1.59 bits per heavy atom. The van der Waals surface area contributed by atoms with Crippen molar-refractivity contribution in [3.05, 3.63) is 29.8 Å². The summed E-state index contributed by atoms with van der Waals surface area (Å²) in [6, 6.07) is 7.85. The zero-order valence-corrected chi connectivity index (χ0v) is 10.9. The zero-order valence-electron chi connectivity index (χ0n) is 10.1. The Labute approximate surface area is 106 Å². The van der Waals surface area contributed by atoms with Crippen LogP contribution in [0.2, 0.25) is 0 Å². The molecule has 0 radical (unpaired) electrons. The largest absolute Gasteiger partial charge is 0.479 e. The summed E-state index contributed by atoms with van der Waals surface area (Å²) in [5.41, 5.74) is 1.22. The second-order valence-corrected chi connectivity index (χ2v) is 6.13. The average molecular weight is 251 g/mol. The minimum Gasteiger partial charge on any atom is -0.479 e. The van der Waals surface area contributed by atoms with Gasteiger partial charge in [0.25, 0.3) is 0 Å². The number of thioether (sulfide) groups is 1. The lowest BCUT2D eigenvalue weighted by Crippen LogP contribution is -2.46. The molecule has 1 aliphatic heterocycles. The summed E-state index contributed by atoms with van der Waals surface area (Å²) >= 11 is 1.71. The van der Waals surface area contributed by atoms with Crippen molar-refractivity contribution in [2.24, 2.45) is 0 Å². The van der Waals surface area contributed by atoms with Crippen LogP contribution >= 0.6 is 11.8 Å². The van der Waals surface area contributed by atoms with Crippen LogP contribution in [-0.4, -0.2) is 27.6 Å². The van der Waals surface area contributed by atoms with Crippen LogP contribution in [0.15, 0.2) is 24.3 Å². The van der Waals surface area contributed by atoms with Crippen molar-refractivity contribution >= 4 is 23.4 Å². The fourth-order valence-electron chi connectivity index (χ4n) is 2.18. The Kier molecular flexibility index (Phi) is 3.33. The van der Waals surface area contributed by atoms with E-state index in [0.29, 0.717) is 17.4 Å². The molecule has 3 nitrogen and oxygen atoms in total. The molecule has 1 aromatic carbocycles. The lowest BCUT2D eigenvalue weighted by molar-refractivity contribution is -0.141. The number of anilines is 1. The summed E-state index contributed by atoms with van der Waals surface area (Å²) in [5, 5.41) is 13.0. The third-order valence-electron chi connectivity index (χ3n) is 3.06. The summed E-state index contributed by atoms with van der Waals surface area (Å²) in [7, 11) is 0. The van der Waals surface area contributed by atoms with Crippen molar-refractivity contribution in [1.82, 2.24) is 0 Å². The Bertz CT molecular complexity index is 435. The van der Waals surface area contributed by atoms with Crippen LogP contribution in [0.4, 0.5) is 5.69 Å². The molecule has 2 N–H and O–H groups in total. The van der Waals surface area contributed by atoms with E-state index in [0.717, 1.165) is 11.3 Å². The van der Waals surface area contributed by atoms with Gasteiger partial charge in [-0.05, 0) is 31.0 Å². The summed E-state index contributed by atoms with van der Waals surface area (Å²) in [4.78, 5) is 11.5. The van der Waals surface area contributed by atoms with Crippen molar-refractivity contribution in [2.45, 2.75) is 31.1 Å². The molecular formula is C13H17NO2S. The number of carboxylic acid groups (broad SMARTS) is 1. The Balaban J connectivity index is 2.22. The number of hydrogen-bond donors (Lipinski definition) is 2. The minimum absolute atomic E-state index is 0.392. The molecular weight excluding hydrogens is 234 g/mol. The van der Waals surface area contributed by atoms with Crippen LogP contribution in [0.5, 0.6) is 0 Å². The molecule has 0 aromatic heterocycles. The van der Waals surface area contributed by atoms with Gasteiger partial charge in [0.15, 0.2) is 0 Å². The topological polar surface area (TPSA) is 49.3 Å². The van der Waals surface area contributed by atoms with Gasteiger partial charge >= 0.3 is 5.97 Å². The molecule has 4 heteroatoms. The number of carbonyl (C=O) groups is 1. The summed E-state index contributed by atoms with van der Waals surface area (Å²) in [5.74, 6) is -0.131. The highest BCUT2D eigenvalue weighted by atomic mass is 32.2. The van der Waals surface area contributed by atoms with E-state index in [1.165, 1.54) is 0 Å². The minimum atomic E-state index is -0.808. The van der Waals surface area contributed by atoms with Crippen LogP contribution in [0, 0.1) is 6.92 Å². The molecule has 1 aliphatic rings. The van der Waals surface area contributed by atoms with Crippen LogP contribution in [0.3, 0.4) is 0 Å². The van der Waals surface area contributed by atoms with Gasteiger partial charge in [-0.2, -0.15) is 11.8 Å². The SMILES string of the molecule is Cc1cccc(NC2(C(=O)O)CSC(C)C2)c1. The summed E-state index contributed by atoms with van der Waals surface area (Å²) in [6.45, 7) is 4.08. The van der Waals surface area contributed by atoms with Gasteiger partial charge < -0.3 is 10.4 Å². The molecule has 2 atom stereocenters. The van der Waals surface area contributed by atoms with Gasteiger partial charge in [-0.15, -0.1) is 0 Å². The molecule has 0 saturated carbocycles. The zero-order chi connectivity index (χ0) is 12.5. The smallest absolute Gasteiger partial charge is 0.330 e. The Morgan fingerprint density at radius 3 is 2.88 bits per heavy atom. The van der Waals surface area contributed by atoms with Gasteiger partial charge in [0.05, 0.1) is 0 Å². The van der Waals surface area contributed by atoms with E-state index in [2.05, 4.69) is 12.2 Å². The molecule has 1 fully saturated rings. The number of aliphatic carboxylic acids is 1. The molecule has 0 aliphatic carbocycles. The van der Waals surface area contributed by atoms with E-state index in [-0.39, 0.29) is 0 Å². The first-order chi connectivity index (χ1) is 8.02. The predicted molar refractivity (Wildman–Crippen MR) is 71.7 cm³/mol. The maximum atomic E-state index is 11.5. The highest BCUT2D eigenvalue weighted by molar-refractivity contribution is 8.00. The van der Waals surface area contributed by atoms with Crippen molar-refractivity contribution in [2.75, 3.05) is 11.1 Å². The molecule has 1 saturated heterocycles. The maximum Gasteiger partial charge on any atom is 0.330 e. The van der Waals surface area contributed by atoms with E-state index in [9.17, 15) is 9.90 Å². The van der Waals surface area contributed by atoms with Crippen molar-refractivity contribution in [1.29, 1.82) is 0 Å². The number of rotatable bonds is 3.